The van der Waals surface area contributed by atoms with Crippen molar-refractivity contribution < 1.29 is 29.2 Å². The number of ether oxygens (including phenoxy) is 3. The highest BCUT2D eigenvalue weighted by Gasteiger charge is 2.15. The SMILES string of the molecule is COc1cc(C(=O)O)cc(OC)c1OC.Cl.NCCO. The molecule has 7 nitrogen and oxygen atoms in total. The Hall–Kier alpha value is -1.70. The summed E-state index contributed by atoms with van der Waals surface area (Å²) in [5.41, 5.74) is 4.87. The maximum Gasteiger partial charge on any atom is 0.335 e. The van der Waals surface area contributed by atoms with Gasteiger partial charge in [0.25, 0.3) is 0 Å². The fourth-order valence-corrected chi connectivity index (χ4v) is 1.20. The summed E-state index contributed by atoms with van der Waals surface area (Å²) in [6, 6.07) is 2.76. The molecule has 1 aromatic carbocycles. The van der Waals surface area contributed by atoms with Crippen molar-refractivity contribution in [2.45, 2.75) is 0 Å². The number of carboxylic acids is 1. The van der Waals surface area contributed by atoms with Crippen molar-refractivity contribution in [2.75, 3.05) is 34.5 Å². The fourth-order valence-electron chi connectivity index (χ4n) is 1.20. The molecular weight excluding hydrogens is 290 g/mol. The van der Waals surface area contributed by atoms with Gasteiger partial charge in [-0.1, -0.05) is 0 Å². The van der Waals surface area contributed by atoms with Crippen LogP contribution in [-0.4, -0.2) is 50.7 Å². The van der Waals surface area contributed by atoms with E-state index in [1.807, 2.05) is 0 Å². The van der Waals surface area contributed by atoms with Gasteiger partial charge < -0.3 is 30.2 Å². The Labute approximate surface area is 123 Å². The van der Waals surface area contributed by atoms with E-state index in [-0.39, 0.29) is 24.6 Å². The van der Waals surface area contributed by atoms with Gasteiger partial charge in [0.05, 0.1) is 33.5 Å². The molecule has 0 saturated heterocycles. The molecule has 0 aliphatic carbocycles. The van der Waals surface area contributed by atoms with Gasteiger partial charge in [0.2, 0.25) is 5.75 Å². The van der Waals surface area contributed by atoms with Crippen LogP contribution in [0, 0.1) is 0 Å². The lowest BCUT2D eigenvalue weighted by Gasteiger charge is -2.12. The van der Waals surface area contributed by atoms with Crippen molar-refractivity contribution in [1.82, 2.24) is 0 Å². The predicted octanol–water partition coefficient (Wildman–Crippen LogP) is 0.770. The Morgan fingerprint density at radius 2 is 1.55 bits per heavy atom. The van der Waals surface area contributed by atoms with Crippen LogP contribution in [0.5, 0.6) is 17.2 Å². The minimum atomic E-state index is -1.05. The number of nitrogens with two attached hydrogens (primary N) is 1. The van der Waals surface area contributed by atoms with Gasteiger partial charge in [0.15, 0.2) is 11.5 Å². The van der Waals surface area contributed by atoms with Crippen molar-refractivity contribution in [3.8, 4) is 17.2 Å². The van der Waals surface area contributed by atoms with Crippen molar-refractivity contribution in [3.05, 3.63) is 17.7 Å². The Balaban J connectivity index is 0. The minimum Gasteiger partial charge on any atom is -0.493 e. The van der Waals surface area contributed by atoms with Crippen molar-refractivity contribution in [3.63, 3.8) is 0 Å². The molecule has 0 spiro atoms. The topological polar surface area (TPSA) is 111 Å². The number of benzene rings is 1. The summed E-state index contributed by atoms with van der Waals surface area (Å²) in [7, 11) is 4.33. The van der Waals surface area contributed by atoms with Crippen LogP contribution in [0.15, 0.2) is 12.1 Å². The third kappa shape index (κ3) is 5.96. The van der Waals surface area contributed by atoms with E-state index in [4.69, 9.17) is 30.2 Å². The lowest BCUT2D eigenvalue weighted by atomic mass is 10.2. The number of hydrogen-bond donors (Lipinski definition) is 3. The maximum atomic E-state index is 10.8. The van der Waals surface area contributed by atoms with Crippen LogP contribution >= 0.6 is 12.4 Å². The van der Waals surface area contributed by atoms with E-state index in [1.54, 1.807) is 0 Å². The highest BCUT2D eigenvalue weighted by molar-refractivity contribution is 5.89. The summed E-state index contributed by atoms with van der Waals surface area (Å²) in [6.07, 6.45) is 0. The van der Waals surface area contributed by atoms with Gasteiger partial charge in [-0.25, -0.2) is 4.79 Å². The van der Waals surface area contributed by atoms with Crippen LogP contribution in [0.4, 0.5) is 0 Å². The second-order valence-electron chi connectivity index (χ2n) is 3.23. The number of carbonyl (C=O) groups is 1. The number of rotatable bonds is 5. The normalized spacial score (nSPS) is 8.65. The second-order valence-corrected chi connectivity index (χ2v) is 3.23. The van der Waals surface area contributed by atoms with E-state index >= 15 is 0 Å². The van der Waals surface area contributed by atoms with Crippen LogP contribution in [-0.2, 0) is 0 Å². The quantitative estimate of drug-likeness (QED) is 0.736. The number of carboxylic acid groups (broad SMARTS) is 1. The molecule has 0 bridgehead atoms. The fraction of sp³-hybridized carbons (Fsp3) is 0.417. The van der Waals surface area contributed by atoms with Gasteiger partial charge in [-0.2, -0.15) is 0 Å². The minimum absolute atomic E-state index is 0. The molecule has 0 aliphatic heterocycles. The van der Waals surface area contributed by atoms with Crippen LogP contribution in [0.1, 0.15) is 10.4 Å². The zero-order valence-corrected chi connectivity index (χ0v) is 12.4. The lowest BCUT2D eigenvalue weighted by Crippen LogP contribution is -2.02. The molecule has 0 amide bonds. The summed E-state index contributed by atoms with van der Waals surface area (Å²) in [4.78, 5) is 10.8. The molecule has 0 radical (unpaired) electrons. The molecule has 20 heavy (non-hydrogen) atoms. The summed E-state index contributed by atoms with van der Waals surface area (Å²) >= 11 is 0. The zero-order chi connectivity index (χ0) is 14.8. The molecule has 0 heterocycles. The average molecular weight is 310 g/mol. The largest absolute Gasteiger partial charge is 0.493 e. The maximum absolute atomic E-state index is 10.8. The molecule has 0 atom stereocenters. The molecule has 1 aromatic rings. The molecule has 0 fully saturated rings. The van der Waals surface area contributed by atoms with E-state index < -0.39 is 5.97 Å². The predicted molar refractivity (Wildman–Crippen MR) is 76.4 cm³/mol. The van der Waals surface area contributed by atoms with E-state index in [0.717, 1.165) is 0 Å². The van der Waals surface area contributed by atoms with Crippen molar-refractivity contribution >= 4 is 18.4 Å². The molecular formula is C12H20ClNO6. The van der Waals surface area contributed by atoms with Gasteiger partial charge >= 0.3 is 5.97 Å². The Bertz CT molecular complexity index is 386. The molecule has 0 unspecified atom stereocenters. The van der Waals surface area contributed by atoms with E-state index in [9.17, 15) is 4.79 Å². The number of hydrogen-bond acceptors (Lipinski definition) is 6. The molecule has 8 heteroatoms. The number of halogens is 1. The smallest absolute Gasteiger partial charge is 0.335 e. The highest BCUT2D eigenvalue weighted by Crippen LogP contribution is 2.38. The van der Waals surface area contributed by atoms with E-state index in [0.29, 0.717) is 23.8 Å². The van der Waals surface area contributed by atoms with E-state index in [1.165, 1.54) is 33.5 Å². The van der Waals surface area contributed by atoms with Crippen LogP contribution in [0.25, 0.3) is 0 Å². The van der Waals surface area contributed by atoms with Crippen LogP contribution in [0.2, 0.25) is 0 Å². The summed E-state index contributed by atoms with van der Waals surface area (Å²) in [5.74, 6) is -0.0113. The summed E-state index contributed by atoms with van der Waals surface area (Å²) in [5, 5.41) is 16.6. The number of aromatic carboxylic acids is 1. The summed E-state index contributed by atoms with van der Waals surface area (Å²) < 4.78 is 15.1. The van der Waals surface area contributed by atoms with Gasteiger partial charge in [-0.15, -0.1) is 12.4 Å². The highest BCUT2D eigenvalue weighted by atomic mass is 35.5. The molecule has 1 rings (SSSR count). The lowest BCUT2D eigenvalue weighted by molar-refractivity contribution is 0.0696. The number of aliphatic hydroxyl groups is 1. The third-order valence-corrected chi connectivity index (χ3v) is 2.04. The van der Waals surface area contributed by atoms with Crippen LogP contribution in [0.3, 0.4) is 0 Å². The van der Waals surface area contributed by atoms with Gasteiger partial charge in [-0.3, -0.25) is 0 Å². The Kier molecular flexibility index (Phi) is 11.5. The molecule has 116 valence electrons. The van der Waals surface area contributed by atoms with Crippen LogP contribution < -0.4 is 19.9 Å². The average Bonchev–Trinajstić information content (AvgIpc) is 2.45. The molecule has 0 saturated carbocycles. The second kappa shape index (κ2) is 11.2. The molecule has 4 N–H and O–H groups in total. The molecule has 0 aromatic heterocycles. The number of methoxy groups -OCH3 is 3. The van der Waals surface area contributed by atoms with Gasteiger partial charge in [-0.05, 0) is 12.1 Å². The first-order valence-electron chi connectivity index (χ1n) is 5.39. The van der Waals surface area contributed by atoms with Crippen molar-refractivity contribution in [1.29, 1.82) is 0 Å². The monoisotopic (exact) mass is 309 g/mol. The summed E-state index contributed by atoms with van der Waals surface area (Å²) in [6.45, 7) is 0.472. The Morgan fingerprint density at radius 1 is 1.15 bits per heavy atom. The zero-order valence-electron chi connectivity index (χ0n) is 11.6. The van der Waals surface area contributed by atoms with Gasteiger partial charge in [0.1, 0.15) is 0 Å². The first-order chi connectivity index (χ1) is 9.05. The van der Waals surface area contributed by atoms with Crippen molar-refractivity contribution in [2.24, 2.45) is 5.73 Å². The first-order valence-corrected chi connectivity index (χ1v) is 5.39. The van der Waals surface area contributed by atoms with Gasteiger partial charge in [0, 0.05) is 6.54 Å². The first kappa shape index (κ1) is 20.6. The van der Waals surface area contributed by atoms with E-state index in [2.05, 4.69) is 0 Å². The standard InChI is InChI=1S/C10H12O5.C2H7NO.ClH/c1-13-7-4-6(10(11)12)5-8(14-2)9(7)15-3;3-1-2-4;/h4-5H,1-3H3,(H,11,12);4H,1-3H2;1H. The number of aliphatic hydroxyl groups excluding tert-OH is 1. The Morgan fingerprint density at radius 3 is 1.75 bits per heavy atom. The molecule has 0 aliphatic rings. The third-order valence-electron chi connectivity index (χ3n) is 2.04.